The third-order valence-corrected chi connectivity index (χ3v) is 3.54. The Kier molecular flexibility index (Phi) is 16.7. The van der Waals surface area contributed by atoms with Gasteiger partial charge in [-0.2, -0.15) is 0 Å². The fourth-order valence-electron chi connectivity index (χ4n) is 2.23. The number of carboxylic acid groups (broad SMARTS) is 1. The van der Waals surface area contributed by atoms with Gasteiger partial charge in [0.25, 0.3) is 0 Å². The lowest BCUT2D eigenvalue weighted by Crippen LogP contribution is -1.92. The van der Waals surface area contributed by atoms with E-state index in [-0.39, 0.29) is 6.42 Å². The first kappa shape index (κ1) is 20.7. The number of rotatable bonds is 15. The number of aliphatic carboxylic acids is 1. The lowest BCUT2D eigenvalue weighted by Gasteiger charge is -1.99. The average Bonchev–Trinajstić information content (AvgIpc) is 2.50. The second-order valence-corrected chi connectivity index (χ2v) is 5.72. The Morgan fingerprint density at radius 2 is 1.23 bits per heavy atom. The van der Waals surface area contributed by atoms with E-state index in [9.17, 15) is 4.79 Å². The molecule has 0 aliphatic rings. The molecule has 0 fully saturated rings. The molecule has 2 nitrogen and oxygen atoms in total. The van der Waals surface area contributed by atoms with Gasteiger partial charge in [0, 0.05) is 6.42 Å². The van der Waals surface area contributed by atoms with Crippen molar-refractivity contribution in [1.29, 1.82) is 0 Å². The summed E-state index contributed by atoms with van der Waals surface area (Å²) < 4.78 is 0. The van der Waals surface area contributed by atoms with Crippen molar-refractivity contribution in [3.63, 3.8) is 0 Å². The summed E-state index contributed by atoms with van der Waals surface area (Å²) in [5.74, 6) is -0.693. The maximum absolute atomic E-state index is 10.3. The second-order valence-electron chi connectivity index (χ2n) is 5.72. The number of allylic oxidation sites excluding steroid dienone is 6. The van der Waals surface area contributed by atoms with Gasteiger partial charge in [-0.3, -0.25) is 4.79 Å². The minimum atomic E-state index is -0.693. The van der Waals surface area contributed by atoms with E-state index in [1.165, 1.54) is 44.9 Å². The smallest absolute Gasteiger partial charge is 0.303 e. The largest absolute Gasteiger partial charge is 0.481 e. The van der Waals surface area contributed by atoms with Crippen LogP contribution in [0.5, 0.6) is 0 Å². The molecule has 0 bridgehead atoms. The summed E-state index contributed by atoms with van der Waals surface area (Å²) in [4.78, 5) is 10.3. The van der Waals surface area contributed by atoms with Crippen molar-refractivity contribution in [2.24, 2.45) is 0 Å². The van der Waals surface area contributed by atoms with Gasteiger partial charge in [-0.25, -0.2) is 0 Å². The monoisotopic (exact) mass is 306 g/mol. The van der Waals surface area contributed by atoms with Gasteiger partial charge < -0.3 is 5.11 Å². The van der Waals surface area contributed by atoms with Crippen LogP contribution in [0.3, 0.4) is 0 Å². The first-order valence-corrected chi connectivity index (χ1v) is 8.95. The first-order chi connectivity index (χ1) is 10.8. The van der Waals surface area contributed by atoms with E-state index in [2.05, 4.69) is 43.4 Å². The zero-order chi connectivity index (χ0) is 16.3. The highest BCUT2D eigenvalue weighted by atomic mass is 16.4. The maximum Gasteiger partial charge on any atom is 0.303 e. The first-order valence-electron chi connectivity index (χ1n) is 8.95. The van der Waals surface area contributed by atoms with Crippen molar-refractivity contribution in [2.75, 3.05) is 0 Å². The predicted molar refractivity (Wildman–Crippen MR) is 96.1 cm³/mol. The Balaban J connectivity index is 3.17. The Morgan fingerprint density at radius 3 is 1.82 bits per heavy atom. The highest BCUT2D eigenvalue weighted by molar-refractivity contribution is 5.66. The highest BCUT2D eigenvalue weighted by Gasteiger charge is 1.93. The normalized spacial score (nSPS) is 12.0. The van der Waals surface area contributed by atoms with Crippen LogP contribution < -0.4 is 0 Å². The third-order valence-electron chi connectivity index (χ3n) is 3.54. The topological polar surface area (TPSA) is 37.3 Å². The fourth-order valence-corrected chi connectivity index (χ4v) is 2.23. The minimum Gasteiger partial charge on any atom is -0.481 e. The molecule has 0 rings (SSSR count). The summed E-state index contributed by atoms with van der Waals surface area (Å²) in [6, 6.07) is 0. The van der Waals surface area contributed by atoms with Gasteiger partial charge in [-0.15, -0.1) is 0 Å². The van der Waals surface area contributed by atoms with Crippen LogP contribution >= 0.6 is 0 Å². The summed E-state index contributed by atoms with van der Waals surface area (Å²) in [7, 11) is 0. The van der Waals surface area contributed by atoms with Crippen molar-refractivity contribution >= 4 is 5.97 Å². The van der Waals surface area contributed by atoms with E-state index in [1.807, 2.05) is 0 Å². The van der Waals surface area contributed by atoms with E-state index in [1.54, 1.807) is 0 Å². The summed E-state index contributed by atoms with van der Waals surface area (Å²) in [5, 5.41) is 8.51. The molecule has 0 saturated carbocycles. The van der Waals surface area contributed by atoms with E-state index < -0.39 is 5.97 Å². The van der Waals surface area contributed by atoms with Crippen LogP contribution in [0.4, 0.5) is 0 Å². The molecule has 0 saturated heterocycles. The lowest BCUT2D eigenvalue weighted by atomic mass is 10.1. The second kappa shape index (κ2) is 17.7. The number of hydrogen-bond donors (Lipinski definition) is 1. The van der Waals surface area contributed by atoms with Gasteiger partial charge in [-0.1, -0.05) is 69.1 Å². The third kappa shape index (κ3) is 18.7. The molecule has 0 aromatic rings. The number of carboxylic acids is 1. The van der Waals surface area contributed by atoms with Gasteiger partial charge in [0.2, 0.25) is 0 Å². The summed E-state index contributed by atoms with van der Waals surface area (Å²) in [6.07, 6.45) is 26.4. The van der Waals surface area contributed by atoms with Crippen LogP contribution in [-0.2, 0) is 4.79 Å². The molecule has 0 aliphatic carbocycles. The zero-order valence-electron chi connectivity index (χ0n) is 14.3. The molecule has 0 amide bonds. The Labute approximate surface area is 137 Å². The number of unbranched alkanes of at least 4 members (excludes halogenated alkanes) is 8. The van der Waals surface area contributed by atoms with Crippen LogP contribution in [0.1, 0.15) is 84.0 Å². The molecular weight excluding hydrogens is 272 g/mol. The molecule has 0 aliphatic heterocycles. The van der Waals surface area contributed by atoms with Crippen molar-refractivity contribution in [2.45, 2.75) is 84.0 Å². The van der Waals surface area contributed by atoms with Gasteiger partial charge in [0.05, 0.1) is 0 Å². The SMILES string of the molecule is CCC=CC=CCCCCCCCCC=CCCCC(=O)O. The molecule has 0 aromatic heterocycles. The van der Waals surface area contributed by atoms with E-state index in [0.717, 1.165) is 25.7 Å². The van der Waals surface area contributed by atoms with Crippen LogP contribution in [0.15, 0.2) is 36.5 Å². The van der Waals surface area contributed by atoms with Crippen LogP contribution in [-0.4, -0.2) is 11.1 Å². The standard InChI is InChI=1S/C20H34O2/c1-2-3-4-5-6-7-8-9-10-11-12-13-14-15-16-17-18-19-20(21)22/h3-6,15-16H,2,7-14,17-19H2,1H3,(H,21,22). The van der Waals surface area contributed by atoms with E-state index in [0.29, 0.717) is 0 Å². The molecule has 0 aromatic carbocycles. The summed E-state index contributed by atoms with van der Waals surface area (Å²) in [6.45, 7) is 2.15. The van der Waals surface area contributed by atoms with Crippen molar-refractivity contribution in [3.8, 4) is 0 Å². The van der Waals surface area contributed by atoms with Crippen LogP contribution in [0.25, 0.3) is 0 Å². The molecular formula is C20H34O2. The van der Waals surface area contributed by atoms with E-state index >= 15 is 0 Å². The van der Waals surface area contributed by atoms with Gasteiger partial charge in [0.1, 0.15) is 0 Å². The highest BCUT2D eigenvalue weighted by Crippen LogP contribution is 2.09. The molecule has 22 heavy (non-hydrogen) atoms. The minimum absolute atomic E-state index is 0.286. The van der Waals surface area contributed by atoms with Crippen molar-refractivity contribution in [3.05, 3.63) is 36.5 Å². The fraction of sp³-hybridized carbons (Fsp3) is 0.650. The quantitative estimate of drug-likeness (QED) is 0.215. The Morgan fingerprint density at radius 1 is 0.727 bits per heavy atom. The molecule has 0 atom stereocenters. The van der Waals surface area contributed by atoms with Crippen LogP contribution in [0, 0.1) is 0 Å². The maximum atomic E-state index is 10.3. The van der Waals surface area contributed by atoms with E-state index in [4.69, 9.17) is 5.11 Å². The van der Waals surface area contributed by atoms with Crippen molar-refractivity contribution in [1.82, 2.24) is 0 Å². The van der Waals surface area contributed by atoms with Gasteiger partial charge in [0.15, 0.2) is 0 Å². The van der Waals surface area contributed by atoms with Gasteiger partial charge >= 0.3 is 5.97 Å². The lowest BCUT2D eigenvalue weighted by molar-refractivity contribution is -0.137. The number of hydrogen-bond acceptors (Lipinski definition) is 1. The Bertz CT molecular complexity index is 327. The van der Waals surface area contributed by atoms with Gasteiger partial charge in [-0.05, 0) is 44.9 Å². The molecule has 1 N–H and O–H groups in total. The Hall–Kier alpha value is -1.31. The molecule has 0 radical (unpaired) electrons. The zero-order valence-corrected chi connectivity index (χ0v) is 14.3. The predicted octanol–water partition coefficient (Wildman–Crippen LogP) is 6.44. The van der Waals surface area contributed by atoms with Crippen LogP contribution in [0.2, 0.25) is 0 Å². The van der Waals surface area contributed by atoms with Crippen molar-refractivity contribution < 1.29 is 9.90 Å². The molecule has 0 unspecified atom stereocenters. The number of carbonyl (C=O) groups is 1. The summed E-state index contributed by atoms with van der Waals surface area (Å²) in [5.41, 5.74) is 0. The molecule has 0 heterocycles. The molecule has 2 heteroatoms. The summed E-state index contributed by atoms with van der Waals surface area (Å²) >= 11 is 0. The molecule has 126 valence electrons. The molecule has 0 spiro atoms. The average molecular weight is 306 g/mol.